The molecule has 0 fully saturated rings. The van der Waals surface area contributed by atoms with Crippen LogP contribution < -0.4 is 14.4 Å². The summed E-state index contributed by atoms with van der Waals surface area (Å²) in [5.74, 6) is 1.04. The van der Waals surface area contributed by atoms with Gasteiger partial charge in [0.05, 0.1) is 50.3 Å². The first-order valence-electron chi connectivity index (χ1n) is 9.10. The fraction of sp³-hybridized carbons (Fsp3) is 0.227. The molecule has 1 heterocycles. The van der Waals surface area contributed by atoms with Crippen LogP contribution in [-0.2, 0) is 4.74 Å². The van der Waals surface area contributed by atoms with Gasteiger partial charge in [0.1, 0.15) is 11.3 Å². The van der Waals surface area contributed by atoms with E-state index in [0.29, 0.717) is 16.9 Å². The summed E-state index contributed by atoms with van der Waals surface area (Å²) in [7, 11) is 2.62. The number of esters is 1. The van der Waals surface area contributed by atoms with E-state index >= 15 is 4.39 Å². The molecule has 30 heavy (non-hydrogen) atoms. The maximum atomic E-state index is 15.5. The molecule has 0 aliphatic rings. The first-order chi connectivity index (χ1) is 14.5. The fourth-order valence-corrected chi connectivity index (χ4v) is 3.00. The van der Waals surface area contributed by atoms with Crippen molar-refractivity contribution in [1.82, 2.24) is 9.97 Å². The molecule has 0 aliphatic heterocycles. The summed E-state index contributed by atoms with van der Waals surface area (Å²) in [6, 6.07) is 8.64. The molecule has 0 bridgehead atoms. The molecule has 3 rings (SSSR count). The number of halogens is 1. The van der Waals surface area contributed by atoms with Crippen LogP contribution in [0.1, 0.15) is 17.3 Å². The Balaban J connectivity index is 2.21. The number of para-hydroxylation sites is 2. The van der Waals surface area contributed by atoms with Gasteiger partial charge in [-0.05, 0) is 19.1 Å². The third-order valence-corrected chi connectivity index (χ3v) is 4.32. The zero-order valence-electron chi connectivity index (χ0n) is 16.8. The molecule has 0 saturated carbocycles. The number of nitrogens with zero attached hydrogens (tertiary/aromatic N) is 3. The number of carbonyl (C=O) groups excluding carboxylic acids is 1. The lowest BCUT2D eigenvalue weighted by atomic mass is 10.1. The lowest BCUT2D eigenvalue weighted by molar-refractivity contribution is 0.0518. The molecule has 0 radical (unpaired) electrons. The van der Waals surface area contributed by atoms with Crippen molar-refractivity contribution in [3.8, 4) is 23.8 Å². The van der Waals surface area contributed by atoms with Gasteiger partial charge in [0.2, 0.25) is 0 Å². The summed E-state index contributed by atoms with van der Waals surface area (Å²) in [6.45, 7) is 1.76. The summed E-state index contributed by atoms with van der Waals surface area (Å²) in [6.07, 6.45) is 7.02. The van der Waals surface area contributed by atoms with E-state index in [-0.39, 0.29) is 35.9 Å². The van der Waals surface area contributed by atoms with Crippen LogP contribution in [-0.4, -0.2) is 43.3 Å². The first-order valence-corrected chi connectivity index (χ1v) is 9.10. The van der Waals surface area contributed by atoms with Crippen LogP contribution in [0.2, 0.25) is 0 Å². The van der Waals surface area contributed by atoms with E-state index in [1.807, 2.05) is 18.2 Å². The molecule has 0 amide bonds. The Morgan fingerprint density at radius 2 is 1.97 bits per heavy atom. The standard InChI is InChI=1S/C22H20FN3O4/c1-5-11-26(18-13-24-14-9-7-8-10-15(14)25-18)16-12-17(28-3)19(22(27)30-6-2)21(29-4)20(16)23/h1,7-10,12-13H,6,11H2,2-4H3. The Morgan fingerprint density at radius 3 is 2.60 bits per heavy atom. The average Bonchev–Trinajstić information content (AvgIpc) is 2.77. The Morgan fingerprint density at radius 1 is 1.23 bits per heavy atom. The number of fused-ring (bicyclic) bond motifs is 1. The molecule has 1 aromatic heterocycles. The van der Waals surface area contributed by atoms with Crippen LogP contribution >= 0.6 is 0 Å². The lowest BCUT2D eigenvalue weighted by Gasteiger charge is -2.24. The zero-order chi connectivity index (χ0) is 21.7. The summed E-state index contributed by atoms with van der Waals surface area (Å²) in [5.41, 5.74) is 1.20. The molecule has 0 aliphatic carbocycles. The van der Waals surface area contributed by atoms with Crippen molar-refractivity contribution in [3.63, 3.8) is 0 Å². The molecule has 0 saturated heterocycles. The van der Waals surface area contributed by atoms with E-state index in [1.54, 1.807) is 13.0 Å². The fourth-order valence-electron chi connectivity index (χ4n) is 3.00. The highest BCUT2D eigenvalue weighted by atomic mass is 19.1. The van der Waals surface area contributed by atoms with Gasteiger partial charge in [-0.1, -0.05) is 18.1 Å². The Hall–Kier alpha value is -3.86. The van der Waals surface area contributed by atoms with Crippen molar-refractivity contribution < 1.29 is 23.4 Å². The average molecular weight is 409 g/mol. The summed E-state index contributed by atoms with van der Waals surface area (Å²) in [4.78, 5) is 22.7. The highest BCUT2D eigenvalue weighted by Gasteiger charge is 2.29. The number of carbonyl (C=O) groups is 1. The van der Waals surface area contributed by atoms with E-state index < -0.39 is 11.8 Å². The summed E-state index contributed by atoms with van der Waals surface area (Å²) < 4.78 is 31.0. The predicted molar refractivity (Wildman–Crippen MR) is 111 cm³/mol. The highest BCUT2D eigenvalue weighted by Crippen LogP contribution is 2.40. The number of terminal acetylenes is 1. The normalized spacial score (nSPS) is 10.4. The minimum Gasteiger partial charge on any atom is -0.496 e. The van der Waals surface area contributed by atoms with Crippen molar-refractivity contribution >= 4 is 28.5 Å². The van der Waals surface area contributed by atoms with Crippen molar-refractivity contribution in [1.29, 1.82) is 0 Å². The van der Waals surface area contributed by atoms with Crippen LogP contribution in [0.5, 0.6) is 11.5 Å². The van der Waals surface area contributed by atoms with Crippen LogP contribution in [0.4, 0.5) is 15.9 Å². The maximum Gasteiger partial charge on any atom is 0.345 e. The van der Waals surface area contributed by atoms with Crippen LogP contribution in [0.15, 0.2) is 36.5 Å². The van der Waals surface area contributed by atoms with Crippen molar-refractivity contribution in [2.24, 2.45) is 0 Å². The van der Waals surface area contributed by atoms with Gasteiger partial charge in [0.25, 0.3) is 0 Å². The minimum absolute atomic E-state index is 0.00496. The SMILES string of the molecule is C#CCN(c1cnc2ccccc2n1)c1cc(OC)c(C(=O)OCC)c(OC)c1F. The lowest BCUT2D eigenvalue weighted by Crippen LogP contribution is -2.21. The number of anilines is 2. The second-order valence-electron chi connectivity index (χ2n) is 6.05. The van der Waals surface area contributed by atoms with Crippen molar-refractivity contribution in [2.75, 3.05) is 32.3 Å². The topological polar surface area (TPSA) is 73.8 Å². The van der Waals surface area contributed by atoms with Crippen LogP contribution in [0, 0.1) is 18.2 Å². The van der Waals surface area contributed by atoms with Gasteiger partial charge in [0, 0.05) is 6.07 Å². The van der Waals surface area contributed by atoms with Gasteiger partial charge in [-0.2, -0.15) is 0 Å². The number of hydrogen-bond donors (Lipinski definition) is 0. The summed E-state index contributed by atoms with van der Waals surface area (Å²) >= 11 is 0. The van der Waals surface area contributed by atoms with E-state index in [4.69, 9.17) is 20.6 Å². The Labute approximate surface area is 173 Å². The molecule has 0 N–H and O–H groups in total. The van der Waals surface area contributed by atoms with Gasteiger partial charge >= 0.3 is 5.97 Å². The maximum absolute atomic E-state index is 15.5. The van der Waals surface area contributed by atoms with E-state index in [9.17, 15) is 4.79 Å². The van der Waals surface area contributed by atoms with E-state index in [2.05, 4.69) is 15.9 Å². The molecular weight excluding hydrogens is 389 g/mol. The number of hydrogen-bond acceptors (Lipinski definition) is 7. The minimum atomic E-state index is -0.799. The smallest absolute Gasteiger partial charge is 0.345 e. The predicted octanol–water partition coefficient (Wildman–Crippen LogP) is 3.73. The number of ether oxygens (including phenoxy) is 3. The number of benzene rings is 2. The summed E-state index contributed by atoms with van der Waals surface area (Å²) in [5, 5.41) is 0. The van der Waals surface area contributed by atoms with Crippen molar-refractivity contribution in [3.05, 3.63) is 47.9 Å². The molecular formula is C22H20FN3O4. The molecule has 154 valence electrons. The van der Waals surface area contributed by atoms with E-state index in [1.165, 1.54) is 31.4 Å². The van der Waals surface area contributed by atoms with Gasteiger partial charge < -0.3 is 19.1 Å². The Kier molecular flexibility index (Phi) is 6.32. The Bertz CT molecular complexity index is 1130. The molecule has 7 nitrogen and oxygen atoms in total. The third-order valence-electron chi connectivity index (χ3n) is 4.32. The molecule has 0 spiro atoms. The molecule has 2 aromatic carbocycles. The first kappa shape index (κ1) is 20.9. The third kappa shape index (κ3) is 3.82. The van der Waals surface area contributed by atoms with Crippen LogP contribution in [0.25, 0.3) is 11.0 Å². The number of rotatable bonds is 7. The quantitative estimate of drug-likeness (QED) is 0.435. The second kappa shape index (κ2) is 9.09. The van der Waals surface area contributed by atoms with Gasteiger partial charge in [-0.25, -0.2) is 14.2 Å². The van der Waals surface area contributed by atoms with Crippen LogP contribution in [0.3, 0.4) is 0 Å². The largest absolute Gasteiger partial charge is 0.496 e. The molecule has 0 unspecified atom stereocenters. The number of aromatic nitrogens is 2. The van der Waals surface area contributed by atoms with Crippen molar-refractivity contribution in [2.45, 2.75) is 6.92 Å². The monoisotopic (exact) mass is 409 g/mol. The molecule has 3 aromatic rings. The molecule has 0 atom stereocenters. The number of methoxy groups -OCH3 is 2. The van der Waals surface area contributed by atoms with Gasteiger partial charge in [-0.3, -0.25) is 4.98 Å². The second-order valence-corrected chi connectivity index (χ2v) is 6.05. The zero-order valence-corrected chi connectivity index (χ0v) is 16.8. The van der Waals surface area contributed by atoms with E-state index in [0.717, 1.165) is 0 Å². The van der Waals surface area contributed by atoms with Gasteiger partial charge in [-0.15, -0.1) is 6.42 Å². The molecule has 8 heteroatoms. The van der Waals surface area contributed by atoms with Gasteiger partial charge in [0.15, 0.2) is 17.4 Å². The highest BCUT2D eigenvalue weighted by molar-refractivity contribution is 5.97.